The van der Waals surface area contributed by atoms with Crippen molar-refractivity contribution in [3.63, 3.8) is 0 Å². The second-order valence-corrected chi connectivity index (χ2v) is 10.5. The van der Waals surface area contributed by atoms with Gasteiger partial charge in [0.1, 0.15) is 6.61 Å². The third kappa shape index (κ3) is 27.5. The number of hydrogen-bond donors (Lipinski definition) is 1. The number of hydrogen-bond acceptors (Lipinski definition) is 5. The van der Waals surface area contributed by atoms with Crippen molar-refractivity contribution in [2.24, 2.45) is 0 Å². The Hall–Kier alpha value is -1.36. The molecule has 0 fully saturated rings. The Kier molecular flexibility index (Phi) is 28.1. The van der Waals surface area contributed by atoms with Gasteiger partial charge in [-0.3, -0.25) is 9.59 Å². The van der Waals surface area contributed by atoms with Crippen LogP contribution < -0.4 is 0 Å². The van der Waals surface area contributed by atoms with Crippen LogP contribution in [-0.4, -0.2) is 36.4 Å². The molecule has 0 aliphatic carbocycles. The van der Waals surface area contributed by atoms with Crippen molar-refractivity contribution >= 4 is 11.9 Å². The Morgan fingerprint density at radius 3 is 1.54 bits per heavy atom. The summed E-state index contributed by atoms with van der Waals surface area (Å²) in [5.74, 6) is -0.600. The molecule has 0 aromatic carbocycles. The van der Waals surface area contributed by atoms with Gasteiger partial charge in [0.15, 0.2) is 6.10 Å². The molecule has 1 atom stereocenters. The minimum Gasteiger partial charge on any atom is -0.462 e. The van der Waals surface area contributed by atoms with Crippen LogP contribution in [0.3, 0.4) is 0 Å². The third-order valence-corrected chi connectivity index (χ3v) is 6.81. The summed E-state index contributed by atoms with van der Waals surface area (Å²) >= 11 is 0. The SMILES string of the molecule is CCCCC=CCCCCCCCC(=O)OC[C@H](CO)OC(=O)CCCCCCCCCCCCCC. The van der Waals surface area contributed by atoms with Crippen LogP contribution in [0.4, 0.5) is 0 Å². The number of esters is 2. The first-order chi connectivity index (χ1) is 18.1. The first-order valence-electron chi connectivity index (χ1n) is 15.7. The summed E-state index contributed by atoms with van der Waals surface area (Å²) in [4.78, 5) is 24.0. The molecule has 0 saturated heterocycles. The molecule has 0 spiro atoms. The lowest BCUT2D eigenvalue weighted by Gasteiger charge is -2.15. The van der Waals surface area contributed by atoms with E-state index in [9.17, 15) is 14.7 Å². The largest absolute Gasteiger partial charge is 0.462 e. The van der Waals surface area contributed by atoms with Crippen LogP contribution in [0.15, 0.2) is 12.2 Å². The predicted molar refractivity (Wildman–Crippen MR) is 155 cm³/mol. The zero-order chi connectivity index (χ0) is 27.2. The number of carbonyl (C=O) groups is 2. The average Bonchev–Trinajstić information content (AvgIpc) is 2.90. The Balaban J connectivity index is 3.59. The molecule has 0 heterocycles. The van der Waals surface area contributed by atoms with E-state index in [0.29, 0.717) is 12.8 Å². The maximum absolute atomic E-state index is 12.0. The highest BCUT2D eigenvalue weighted by Crippen LogP contribution is 2.13. The molecular weight excluding hydrogens is 464 g/mol. The van der Waals surface area contributed by atoms with Crippen molar-refractivity contribution < 1.29 is 24.2 Å². The van der Waals surface area contributed by atoms with Crippen molar-refractivity contribution in [2.45, 2.75) is 168 Å². The number of aliphatic hydroxyl groups is 1. The fraction of sp³-hybridized carbons (Fsp3) is 0.875. The molecule has 0 unspecified atom stereocenters. The molecule has 37 heavy (non-hydrogen) atoms. The highest BCUT2D eigenvalue weighted by atomic mass is 16.6. The lowest BCUT2D eigenvalue weighted by atomic mass is 10.0. The summed E-state index contributed by atoms with van der Waals surface area (Å²) in [6.07, 6.45) is 29.7. The van der Waals surface area contributed by atoms with Gasteiger partial charge >= 0.3 is 11.9 Å². The highest BCUT2D eigenvalue weighted by Gasteiger charge is 2.16. The topological polar surface area (TPSA) is 72.8 Å². The van der Waals surface area contributed by atoms with Crippen molar-refractivity contribution in [1.29, 1.82) is 0 Å². The zero-order valence-corrected chi connectivity index (χ0v) is 24.5. The molecule has 218 valence electrons. The molecule has 5 heteroatoms. The van der Waals surface area contributed by atoms with Gasteiger partial charge in [0.2, 0.25) is 0 Å². The van der Waals surface area contributed by atoms with Crippen LogP contribution in [0.25, 0.3) is 0 Å². The summed E-state index contributed by atoms with van der Waals surface area (Å²) in [7, 11) is 0. The summed E-state index contributed by atoms with van der Waals surface area (Å²) in [5, 5.41) is 9.46. The van der Waals surface area contributed by atoms with Crippen LogP contribution in [-0.2, 0) is 19.1 Å². The van der Waals surface area contributed by atoms with Crippen LogP contribution in [0.1, 0.15) is 162 Å². The standard InChI is InChI=1S/C32H60O5/c1-3-5-7-9-11-13-15-17-19-21-23-25-27-32(35)37-30(28-33)29-36-31(34)26-24-22-20-18-16-14-12-10-8-6-4-2/h10,12,30,33H,3-9,11,13-29H2,1-2H3/t30-/m0/s1. The molecule has 0 radical (unpaired) electrons. The summed E-state index contributed by atoms with van der Waals surface area (Å²) in [6, 6.07) is 0. The number of allylic oxidation sites excluding steroid dienone is 2. The van der Waals surface area contributed by atoms with E-state index in [1.165, 1.54) is 89.9 Å². The van der Waals surface area contributed by atoms with Crippen LogP contribution in [0, 0.1) is 0 Å². The molecule has 1 N–H and O–H groups in total. The lowest BCUT2D eigenvalue weighted by molar-refractivity contribution is -0.161. The van der Waals surface area contributed by atoms with Gasteiger partial charge in [-0.2, -0.15) is 0 Å². The van der Waals surface area contributed by atoms with Gasteiger partial charge in [-0.05, 0) is 32.1 Å². The fourth-order valence-electron chi connectivity index (χ4n) is 4.36. The van der Waals surface area contributed by atoms with E-state index in [0.717, 1.165) is 44.9 Å². The number of unbranched alkanes of at least 4 members (excludes halogenated alkanes) is 18. The first kappa shape index (κ1) is 35.6. The normalized spacial score (nSPS) is 12.2. The van der Waals surface area contributed by atoms with Gasteiger partial charge in [-0.1, -0.05) is 129 Å². The van der Waals surface area contributed by atoms with Crippen molar-refractivity contribution in [3.05, 3.63) is 12.2 Å². The predicted octanol–water partition coefficient (Wildman–Crippen LogP) is 9.00. The second-order valence-electron chi connectivity index (χ2n) is 10.5. The van der Waals surface area contributed by atoms with Crippen molar-refractivity contribution in [2.75, 3.05) is 13.2 Å². The second kappa shape index (κ2) is 29.2. The minimum atomic E-state index is -0.765. The molecule has 0 rings (SSSR count). The number of rotatable bonds is 28. The van der Waals surface area contributed by atoms with Gasteiger partial charge in [-0.25, -0.2) is 0 Å². The van der Waals surface area contributed by atoms with Gasteiger partial charge in [0.05, 0.1) is 6.61 Å². The average molecular weight is 525 g/mol. The smallest absolute Gasteiger partial charge is 0.306 e. The number of aliphatic hydroxyl groups excluding tert-OH is 1. The van der Waals surface area contributed by atoms with E-state index in [2.05, 4.69) is 26.0 Å². The number of carbonyl (C=O) groups excluding carboxylic acids is 2. The van der Waals surface area contributed by atoms with E-state index in [4.69, 9.17) is 9.47 Å². The third-order valence-electron chi connectivity index (χ3n) is 6.81. The zero-order valence-electron chi connectivity index (χ0n) is 24.5. The van der Waals surface area contributed by atoms with E-state index in [1.807, 2.05) is 0 Å². The molecule has 0 aliphatic heterocycles. The molecule has 0 aliphatic rings. The molecular formula is C32H60O5. The lowest BCUT2D eigenvalue weighted by Crippen LogP contribution is -2.28. The van der Waals surface area contributed by atoms with E-state index in [1.54, 1.807) is 0 Å². The Morgan fingerprint density at radius 2 is 1.03 bits per heavy atom. The van der Waals surface area contributed by atoms with Gasteiger partial charge in [0.25, 0.3) is 0 Å². The monoisotopic (exact) mass is 524 g/mol. The van der Waals surface area contributed by atoms with E-state index in [-0.39, 0.29) is 25.2 Å². The Bertz CT molecular complexity index is 531. The van der Waals surface area contributed by atoms with Gasteiger partial charge < -0.3 is 14.6 Å². The molecule has 0 aromatic heterocycles. The highest BCUT2D eigenvalue weighted by molar-refractivity contribution is 5.70. The Morgan fingerprint density at radius 1 is 0.595 bits per heavy atom. The van der Waals surface area contributed by atoms with Crippen molar-refractivity contribution in [1.82, 2.24) is 0 Å². The molecule has 5 nitrogen and oxygen atoms in total. The summed E-state index contributed by atoms with van der Waals surface area (Å²) in [5.41, 5.74) is 0. The fourth-order valence-corrected chi connectivity index (χ4v) is 4.36. The molecule has 0 amide bonds. The van der Waals surface area contributed by atoms with Crippen LogP contribution in [0.5, 0.6) is 0 Å². The quantitative estimate of drug-likeness (QED) is 0.0628. The summed E-state index contributed by atoms with van der Waals surface area (Å²) < 4.78 is 10.5. The molecule has 0 bridgehead atoms. The van der Waals surface area contributed by atoms with Crippen LogP contribution in [0.2, 0.25) is 0 Å². The molecule has 0 aromatic rings. The van der Waals surface area contributed by atoms with Crippen molar-refractivity contribution in [3.8, 4) is 0 Å². The maximum Gasteiger partial charge on any atom is 0.306 e. The maximum atomic E-state index is 12.0. The van der Waals surface area contributed by atoms with E-state index >= 15 is 0 Å². The van der Waals surface area contributed by atoms with Gasteiger partial charge in [-0.15, -0.1) is 0 Å². The first-order valence-corrected chi connectivity index (χ1v) is 15.7. The Labute approximate surface area is 229 Å². The van der Waals surface area contributed by atoms with Gasteiger partial charge in [0, 0.05) is 12.8 Å². The summed E-state index contributed by atoms with van der Waals surface area (Å²) in [6.45, 7) is 4.07. The van der Waals surface area contributed by atoms with E-state index < -0.39 is 6.10 Å². The molecule has 0 saturated carbocycles. The van der Waals surface area contributed by atoms with Crippen LogP contribution >= 0.6 is 0 Å². The minimum absolute atomic E-state index is 0.0656. The number of ether oxygens (including phenoxy) is 2.